The van der Waals surface area contributed by atoms with Crippen LogP contribution in [0.5, 0.6) is 0 Å². The summed E-state index contributed by atoms with van der Waals surface area (Å²) in [4.78, 5) is 0. The smallest absolute Gasteiger partial charge is 0.677 e. The molecule has 72 valence electrons. The zero-order chi connectivity index (χ0) is 9.90. The molecule has 2 heteroatoms. The van der Waals surface area contributed by atoms with Gasteiger partial charge in [-0.15, -0.1) is 6.54 Å². The molecule has 0 saturated heterocycles. The summed E-state index contributed by atoms with van der Waals surface area (Å²) in [6.45, 7) is 6.86. The van der Waals surface area contributed by atoms with Gasteiger partial charge in [0.25, 0.3) is 0 Å². The van der Waals surface area contributed by atoms with E-state index in [2.05, 4.69) is 45.0 Å². The van der Waals surface area contributed by atoms with Crippen molar-refractivity contribution in [2.75, 3.05) is 6.54 Å². The average Bonchev–Trinajstić information content (AvgIpc) is 2.18. The van der Waals surface area contributed by atoms with Gasteiger partial charge in [-0.25, -0.2) is 0 Å². The zero-order valence-electron chi connectivity index (χ0n) is 9.72. The molecule has 1 unspecified atom stereocenters. The third-order valence-electron chi connectivity index (χ3n) is 2.92. The maximum atomic E-state index is 7.55. The van der Waals surface area contributed by atoms with Gasteiger partial charge in [-0.3, -0.25) is 0 Å². The number of hydrogen-bond donors (Lipinski definition) is 0. The van der Waals surface area contributed by atoms with Gasteiger partial charge in [0.1, 0.15) is 0 Å². The Bertz CT molecular complexity index is 262. The molecule has 0 spiro atoms. The van der Waals surface area contributed by atoms with Crippen molar-refractivity contribution in [3.63, 3.8) is 0 Å². The summed E-state index contributed by atoms with van der Waals surface area (Å²) in [7, 11) is 0. The molecular formula is C12H18NRb. The van der Waals surface area contributed by atoms with Crippen LogP contribution < -0.4 is 58.2 Å². The number of hydrogen-bond acceptors (Lipinski definition) is 0. The average molecular weight is 262 g/mol. The minimum Gasteiger partial charge on any atom is -0.677 e. The Hall–Kier alpha value is 0.985. The number of aryl methyl sites for hydroxylation is 1. The Morgan fingerprint density at radius 3 is 2.07 bits per heavy atom. The van der Waals surface area contributed by atoms with Gasteiger partial charge in [-0.1, -0.05) is 43.7 Å². The van der Waals surface area contributed by atoms with Crippen LogP contribution in [0.15, 0.2) is 24.3 Å². The van der Waals surface area contributed by atoms with Crippen LogP contribution in [0.25, 0.3) is 5.73 Å². The van der Waals surface area contributed by atoms with Crippen LogP contribution in [-0.4, -0.2) is 6.54 Å². The van der Waals surface area contributed by atoms with Crippen molar-refractivity contribution in [3.8, 4) is 0 Å². The molecule has 0 saturated carbocycles. The van der Waals surface area contributed by atoms with E-state index in [0.29, 0.717) is 6.54 Å². The van der Waals surface area contributed by atoms with Crippen molar-refractivity contribution in [2.45, 2.75) is 32.6 Å². The van der Waals surface area contributed by atoms with Crippen LogP contribution in [0.4, 0.5) is 0 Å². The fourth-order valence-corrected chi connectivity index (χ4v) is 1.39. The standard InChI is InChI=1S/C12H18N.Rb/c1-4-12(3,9-13)11-7-5-10(2)6-8-11;/h5-8,13H,4,9H2,1-3H3;/q-1;+1. The van der Waals surface area contributed by atoms with Crippen LogP contribution in [0, 0.1) is 6.92 Å². The first-order chi connectivity index (χ1) is 6.12. The first kappa shape index (κ1) is 15.0. The maximum Gasteiger partial charge on any atom is 1.00 e. The summed E-state index contributed by atoms with van der Waals surface area (Å²) >= 11 is 0. The second kappa shape index (κ2) is 6.54. The van der Waals surface area contributed by atoms with E-state index in [1.165, 1.54) is 11.1 Å². The van der Waals surface area contributed by atoms with E-state index >= 15 is 0 Å². The van der Waals surface area contributed by atoms with E-state index in [9.17, 15) is 0 Å². The topological polar surface area (TPSA) is 23.8 Å². The molecule has 0 aliphatic rings. The number of rotatable bonds is 3. The van der Waals surface area contributed by atoms with Gasteiger partial charge in [0.05, 0.1) is 0 Å². The largest absolute Gasteiger partial charge is 1.00 e. The zero-order valence-corrected chi connectivity index (χ0v) is 14.6. The van der Waals surface area contributed by atoms with E-state index in [4.69, 9.17) is 5.73 Å². The first-order valence-corrected chi connectivity index (χ1v) is 4.84. The molecular weight excluding hydrogens is 244 g/mol. The summed E-state index contributed by atoms with van der Waals surface area (Å²) in [5.41, 5.74) is 10.2. The minimum atomic E-state index is 0. The Labute approximate surface area is 136 Å². The van der Waals surface area contributed by atoms with Crippen molar-refractivity contribution in [3.05, 3.63) is 41.1 Å². The van der Waals surface area contributed by atoms with Gasteiger partial charge >= 0.3 is 58.2 Å². The predicted molar refractivity (Wildman–Crippen MR) is 58.0 cm³/mol. The van der Waals surface area contributed by atoms with Gasteiger partial charge in [0, 0.05) is 0 Å². The number of nitrogens with one attached hydrogen (secondary N) is 1. The Kier molecular flexibility index (Phi) is 7.00. The summed E-state index contributed by atoms with van der Waals surface area (Å²) in [5.74, 6) is 0. The molecule has 0 fully saturated rings. The molecule has 1 rings (SSSR count). The molecule has 0 aliphatic heterocycles. The van der Waals surface area contributed by atoms with E-state index in [1.54, 1.807) is 0 Å². The van der Waals surface area contributed by atoms with Crippen molar-refractivity contribution in [1.29, 1.82) is 0 Å². The molecule has 14 heavy (non-hydrogen) atoms. The second-order valence-electron chi connectivity index (χ2n) is 3.96. The van der Waals surface area contributed by atoms with Crippen molar-refractivity contribution in [2.24, 2.45) is 0 Å². The molecule has 0 aliphatic carbocycles. The van der Waals surface area contributed by atoms with Crippen LogP contribution in [0.2, 0.25) is 0 Å². The molecule has 1 aromatic carbocycles. The third-order valence-corrected chi connectivity index (χ3v) is 2.92. The van der Waals surface area contributed by atoms with Gasteiger partial charge in [-0.05, 0) is 24.3 Å². The molecule has 1 N–H and O–H groups in total. The van der Waals surface area contributed by atoms with Crippen molar-refractivity contribution in [1.82, 2.24) is 0 Å². The molecule has 0 heterocycles. The first-order valence-electron chi connectivity index (χ1n) is 4.84. The quantitative estimate of drug-likeness (QED) is 0.766. The van der Waals surface area contributed by atoms with Crippen LogP contribution >= 0.6 is 0 Å². The van der Waals surface area contributed by atoms with Crippen molar-refractivity contribution < 1.29 is 58.2 Å². The van der Waals surface area contributed by atoms with Gasteiger partial charge in [0.2, 0.25) is 0 Å². The number of benzene rings is 1. The van der Waals surface area contributed by atoms with E-state index in [0.717, 1.165) is 6.42 Å². The van der Waals surface area contributed by atoms with E-state index in [1.807, 2.05) is 0 Å². The van der Waals surface area contributed by atoms with E-state index in [-0.39, 0.29) is 63.6 Å². The summed E-state index contributed by atoms with van der Waals surface area (Å²) in [6.07, 6.45) is 1.03. The maximum absolute atomic E-state index is 7.55. The molecule has 0 aromatic heterocycles. The molecule has 1 atom stereocenters. The minimum absolute atomic E-state index is 0. The van der Waals surface area contributed by atoms with Crippen molar-refractivity contribution >= 4 is 0 Å². The third kappa shape index (κ3) is 3.53. The summed E-state index contributed by atoms with van der Waals surface area (Å²) in [5, 5.41) is 0. The van der Waals surface area contributed by atoms with Crippen LogP contribution in [0.3, 0.4) is 0 Å². The molecule has 1 aromatic rings. The molecule has 1 nitrogen and oxygen atoms in total. The predicted octanol–water partition coefficient (Wildman–Crippen LogP) is 0.719. The SMILES string of the molecule is CCC(C)(C[NH-])c1ccc(C)cc1.[Rb+]. The fourth-order valence-electron chi connectivity index (χ4n) is 1.39. The Balaban J connectivity index is 0.00000169. The summed E-state index contributed by atoms with van der Waals surface area (Å²) in [6, 6.07) is 8.54. The van der Waals surface area contributed by atoms with Gasteiger partial charge in [-0.2, -0.15) is 0 Å². The normalized spacial score (nSPS) is 14.3. The van der Waals surface area contributed by atoms with Gasteiger partial charge in [0.15, 0.2) is 0 Å². The van der Waals surface area contributed by atoms with E-state index < -0.39 is 0 Å². The molecule has 0 bridgehead atoms. The Morgan fingerprint density at radius 2 is 1.71 bits per heavy atom. The fraction of sp³-hybridized carbons (Fsp3) is 0.500. The van der Waals surface area contributed by atoms with Crippen LogP contribution in [0.1, 0.15) is 31.4 Å². The second-order valence-corrected chi connectivity index (χ2v) is 3.96. The monoisotopic (exact) mass is 261 g/mol. The molecule has 0 amide bonds. The van der Waals surface area contributed by atoms with Gasteiger partial charge < -0.3 is 5.73 Å². The summed E-state index contributed by atoms with van der Waals surface area (Å²) < 4.78 is 0. The van der Waals surface area contributed by atoms with Crippen LogP contribution in [-0.2, 0) is 5.41 Å². The Morgan fingerprint density at radius 1 is 1.21 bits per heavy atom. The molecule has 0 radical (unpaired) electrons.